The number of piperidine rings is 2. The van der Waals surface area contributed by atoms with E-state index in [-0.39, 0.29) is 48.4 Å². The lowest BCUT2D eigenvalue weighted by Gasteiger charge is -2.43. The predicted octanol–water partition coefficient (Wildman–Crippen LogP) is 10.8. The molecular formula is C56H71ClF6N6O4Si. The minimum absolute atomic E-state index is 0.0318. The maximum Gasteiger partial charge on any atom is 0.321 e. The van der Waals surface area contributed by atoms with E-state index in [0.29, 0.717) is 36.2 Å². The number of carbonyl (C=O) groups excluding carboxylic acids is 2. The first-order valence-corrected chi connectivity index (χ1v) is 28.2. The van der Waals surface area contributed by atoms with Gasteiger partial charge in [0.2, 0.25) is 0 Å². The number of likely N-dealkylation sites (tertiary alicyclic amines) is 2. The Hall–Kier alpha value is -5.01. The number of urea groups is 1. The van der Waals surface area contributed by atoms with Crippen molar-refractivity contribution in [3.63, 3.8) is 0 Å². The molecule has 0 radical (unpaired) electrons. The highest BCUT2D eigenvalue weighted by Crippen LogP contribution is 2.45. The van der Waals surface area contributed by atoms with E-state index in [1.807, 2.05) is 67.3 Å². The highest BCUT2D eigenvalue weighted by molar-refractivity contribution is 6.74. The molecule has 6 atom stereocenters. The Bertz CT molecular complexity index is 2630. The van der Waals surface area contributed by atoms with E-state index in [2.05, 4.69) is 39.2 Å². The van der Waals surface area contributed by atoms with Crippen LogP contribution in [0.4, 0.5) is 35.9 Å². The van der Waals surface area contributed by atoms with Gasteiger partial charge >= 0.3 is 11.4 Å². The Morgan fingerprint density at radius 1 is 0.757 bits per heavy atom. The molecule has 4 aliphatic heterocycles. The van der Waals surface area contributed by atoms with Gasteiger partial charge in [-0.2, -0.15) is 0 Å². The summed E-state index contributed by atoms with van der Waals surface area (Å²) in [6.07, 6.45) is 2.91. The Morgan fingerprint density at radius 2 is 1.23 bits per heavy atom. The molecule has 18 heteroatoms. The molecule has 0 aromatic heterocycles. The number of hydrogen-bond acceptors (Lipinski definition) is 7. The topological polar surface area (TPSA) is 91.8 Å². The number of hydrogen-bond donors (Lipinski definition) is 2. The van der Waals surface area contributed by atoms with Crippen molar-refractivity contribution in [1.29, 1.82) is 0 Å². The van der Waals surface area contributed by atoms with Crippen molar-refractivity contribution in [3.8, 4) is 0 Å². The summed E-state index contributed by atoms with van der Waals surface area (Å²) in [6, 6.07) is 23.8. The molecule has 4 aromatic rings. The van der Waals surface area contributed by atoms with Crippen LogP contribution >= 0.6 is 11.6 Å². The van der Waals surface area contributed by atoms with Crippen LogP contribution in [0.1, 0.15) is 55.9 Å². The molecule has 4 aliphatic rings. The zero-order valence-corrected chi connectivity index (χ0v) is 45.6. The van der Waals surface area contributed by atoms with Gasteiger partial charge in [0.25, 0.3) is 0 Å². The quantitative estimate of drug-likeness (QED) is 0.0708. The molecule has 2 fully saturated rings. The summed E-state index contributed by atoms with van der Waals surface area (Å²) in [5, 5.41) is 12.8. The van der Waals surface area contributed by atoms with Crippen LogP contribution in [0.25, 0.3) is 11.1 Å². The summed E-state index contributed by atoms with van der Waals surface area (Å²) in [4.78, 5) is 34.4. The number of aliphatic hydroxyl groups excluding tert-OH is 1. The maximum atomic E-state index is 14.8. The average Bonchev–Trinajstić information content (AvgIpc) is 3.96. The minimum Gasteiger partial charge on any atom is -0.414 e. The molecule has 0 saturated carbocycles. The second-order valence-electron chi connectivity index (χ2n) is 21.3. The minimum atomic E-state index is -2.18. The molecule has 0 bridgehead atoms. The molecule has 3 amide bonds. The number of nitrogens with one attached hydrogen (secondary N) is 1. The number of alkyl halides is 2. The van der Waals surface area contributed by atoms with Gasteiger partial charge < -0.3 is 39.3 Å². The first kappa shape index (κ1) is 58.3. The van der Waals surface area contributed by atoms with Crippen molar-refractivity contribution in [3.05, 3.63) is 155 Å². The summed E-state index contributed by atoms with van der Waals surface area (Å²) in [5.74, 6) is -2.32. The van der Waals surface area contributed by atoms with Crippen LogP contribution < -0.4 is 5.32 Å². The third-order valence-corrected chi connectivity index (χ3v) is 20.0. The number of amides is 3. The van der Waals surface area contributed by atoms with E-state index in [1.54, 1.807) is 43.5 Å². The molecule has 4 aromatic carbocycles. The SMILES string of the molecule is CC(C)(C)[Si](C)(C)OC[C@@]1(c2ccccc2)C=C(c2cc(F)ccc2F)CN1C(=O)Cl.CN1CC[C@H](N(C)C(=O)N2CC(c3cc(F)ccc3F)=C[C@@]2(CO)c2ccccc2)[C@@H](F)C1.CN[C@H]1CCN(C)C[C@@H]1F. The summed E-state index contributed by atoms with van der Waals surface area (Å²) in [5.41, 5.74) is 0.135. The van der Waals surface area contributed by atoms with Crippen LogP contribution in [0, 0.1) is 23.3 Å². The second kappa shape index (κ2) is 24.3. The Balaban J connectivity index is 0.000000203. The van der Waals surface area contributed by atoms with Crippen LogP contribution in [-0.4, -0.2) is 154 Å². The van der Waals surface area contributed by atoms with Crippen molar-refractivity contribution in [2.45, 2.75) is 87.3 Å². The number of carbonyl (C=O) groups is 2. The number of benzene rings is 4. The monoisotopic (exact) mass is 1070 g/mol. The summed E-state index contributed by atoms with van der Waals surface area (Å²) < 4.78 is 91.3. The Morgan fingerprint density at radius 3 is 1.69 bits per heavy atom. The van der Waals surface area contributed by atoms with Gasteiger partial charge in [-0.3, -0.25) is 4.79 Å². The molecule has 0 unspecified atom stereocenters. The molecule has 2 saturated heterocycles. The fourth-order valence-electron chi connectivity index (χ4n) is 9.78. The number of rotatable bonds is 10. The van der Waals surface area contributed by atoms with Gasteiger partial charge in [0.15, 0.2) is 8.32 Å². The maximum absolute atomic E-state index is 14.8. The zero-order valence-electron chi connectivity index (χ0n) is 43.8. The Labute approximate surface area is 438 Å². The number of nitrogens with zero attached hydrogens (tertiary/aromatic N) is 5. The molecule has 74 heavy (non-hydrogen) atoms. The molecule has 0 aliphatic carbocycles. The molecular weight excluding hydrogens is 998 g/mol. The van der Waals surface area contributed by atoms with E-state index in [0.717, 1.165) is 54.9 Å². The van der Waals surface area contributed by atoms with Crippen molar-refractivity contribution >= 4 is 42.5 Å². The highest BCUT2D eigenvalue weighted by atomic mass is 35.5. The van der Waals surface area contributed by atoms with Crippen molar-refractivity contribution in [1.82, 2.24) is 29.8 Å². The largest absolute Gasteiger partial charge is 0.414 e. The molecule has 2 N–H and O–H groups in total. The summed E-state index contributed by atoms with van der Waals surface area (Å²) in [7, 11) is 4.99. The van der Waals surface area contributed by atoms with Crippen LogP contribution in [0.3, 0.4) is 0 Å². The van der Waals surface area contributed by atoms with Gasteiger partial charge in [0, 0.05) is 56.9 Å². The van der Waals surface area contributed by atoms with Gasteiger partial charge in [0.05, 0.1) is 19.3 Å². The smallest absolute Gasteiger partial charge is 0.321 e. The van der Waals surface area contributed by atoms with Crippen LogP contribution in [0.2, 0.25) is 18.1 Å². The van der Waals surface area contributed by atoms with Crippen molar-refractivity contribution in [2.75, 3.05) is 80.7 Å². The van der Waals surface area contributed by atoms with E-state index >= 15 is 0 Å². The first-order valence-electron chi connectivity index (χ1n) is 24.9. The van der Waals surface area contributed by atoms with Gasteiger partial charge in [-0.25, -0.2) is 31.1 Å². The normalized spacial score (nSPS) is 24.6. The van der Waals surface area contributed by atoms with Crippen LogP contribution in [-0.2, 0) is 15.5 Å². The van der Waals surface area contributed by atoms with Crippen LogP contribution in [0.5, 0.6) is 0 Å². The third-order valence-electron chi connectivity index (χ3n) is 15.3. The lowest BCUT2D eigenvalue weighted by Crippen LogP contribution is -2.58. The van der Waals surface area contributed by atoms with Gasteiger partial charge in [-0.15, -0.1) is 0 Å². The Kier molecular flexibility index (Phi) is 19.1. The molecule has 10 nitrogen and oxygen atoms in total. The third kappa shape index (κ3) is 13.0. The van der Waals surface area contributed by atoms with E-state index in [4.69, 9.17) is 16.0 Å². The number of halogens is 7. The van der Waals surface area contributed by atoms with Gasteiger partial charge in [0.1, 0.15) is 46.7 Å². The first-order chi connectivity index (χ1) is 34.9. The fourth-order valence-corrected chi connectivity index (χ4v) is 11.0. The second-order valence-corrected chi connectivity index (χ2v) is 26.4. The predicted molar refractivity (Wildman–Crippen MR) is 284 cm³/mol. The zero-order chi connectivity index (χ0) is 54.3. The van der Waals surface area contributed by atoms with Gasteiger partial charge in [-0.1, -0.05) is 81.4 Å². The van der Waals surface area contributed by atoms with E-state index in [9.17, 15) is 41.0 Å². The molecule has 8 rings (SSSR count). The van der Waals surface area contributed by atoms with Crippen LogP contribution in [0.15, 0.2) is 109 Å². The fraction of sp³-hybridized carbons (Fsp3) is 0.464. The number of aliphatic hydroxyl groups is 1. The van der Waals surface area contributed by atoms with Crippen molar-refractivity contribution < 1.29 is 45.5 Å². The summed E-state index contributed by atoms with van der Waals surface area (Å²) >= 11 is 6.02. The lowest BCUT2D eigenvalue weighted by atomic mass is 9.89. The molecule has 4 heterocycles. The standard InChI is InChI=1S/C25H28F3N3O2.C24H28ClF2NO2Si.C7H15FN2/c1-29-11-10-23(22(28)15-29)30(2)24(33)31-14-17(20-12-19(26)8-9-21(20)27)13-25(31,16-32)18-6-4-3-5-7-18;1-23(2,3)31(4,5)30-16-24(18-9-7-6-8-10-18)14-17(15-28(24)22(25)29)20-13-19(26)11-12-21(20)27;1-9-7-3-4-10(2)5-6(7)8/h3-9,12-13,22-23,32H,10-11,14-16H2,1-2H3;6-14H,15-16H2,1-5H3;6-7,9H,3-5H2,1-2H3/t22-,23-,25+;24-;6-,7-/m010/s1. The molecule has 402 valence electrons. The molecule has 0 spiro atoms. The van der Waals surface area contributed by atoms with E-state index < -0.39 is 79.1 Å². The summed E-state index contributed by atoms with van der Waals surface area (Å²) in [6.45, 7) is 12.8. The van der Waals surface area contributed by atoms with E-state index in [1.165, 1.54) is 14.7 Å². The van der Waals surface area contributed by atoms with Crippen molar-refractivity contribution in [2.24, 2.45) is 0 Å². The average molecular weight is 1070 g/mol. The van der Waals surface area contributed by atoms with Gasteiger partial charge in [-0.05, 0) is 141 Å². The highest BCUT2D eigenvalue weighted by Gasteiger charge is 2.49. The lowest BCUT2D eigenvalue weighted by molar-refractivity contribution is 0.0417.